The number of amides is 2. The van der Waals surface area contributed by atoms with Crippen molar-refractivity contribution in [2.45, 2.75) is 76.7 Å². The van der Waals surface area contributed by atoms with Crippen LogP contribution in [0.1, 0.15) is 64.9 Å². The van der Waals surface area contributed by atoms with Gasteiger partial charge in [-0.1, -0.05) is 43.2 Å². The Hall–Kier alpha value is -2.19. The van der Waals surface area contributed by atoms with E-state index in [0.717, 1.165) is 31.2 Å². The quantitative estimate of drug-likeness (QED) is 0.537. The molecular weight excluding hydrogens is 450 g/mol. The van der Waals surface area contributed by atoms with Gasteiger partial charge in [-0.2, -0.15) is 4.31 Å². The molecule has 0 saturated carbocycles. The van der Waals surface area contributed by atoms with Crippen molar-refractivity contribution in [1.82, 2.24) is 14.5 Å². The van der Waals surface area contributed by atoms with Crippen LogP contribution in [0.15, 0.2) is 40.8 Å². The molecule has 0 aromatic heterocycles. The summed E-state index contributed by atoms with van der Waals surface area (Å²) in [7, 11) is -3.91. The second-order valence-corrected chi connectivity index (χ2v) is 12.1. The summed E-state index contributed by atoms with van der Waals surface area (Å²) in [6.45, 7) is 8.32. The Morgan fingerprint density at radius 3 is 2.50 bits per heavy atom. The summed E-state index contributed by atoms with van der Waals surface area (Å²) in [6.07, 6.45) is 8.18. The van der Waals surface area contributed by atoms with Gasteiger partial charge in [0.2, 0.25) is 21.8 Å². The summed E-state index contributed by atoms with van der Waals surface area (Å²) in [5.41, 5.74) is 0.988. The number of nitrogens with zero attached hydrogens (tertiary/aromatic N) is 2. The number of aryl methyl sites for hydroxylation is 1. The number of hydrogen-bond acceptors (Lipinski definition) is 4. The third-order valence-electron chi connectivity index (χ3n) is 6.89. The third-order valence-corrected chi connectivity index (χ3v) is 8.70. The fraction of sp³-hybridized carbons (Fsp3) is 0.615. The molecule has 2 aliphatic rings. The van der Waals surface area contributed by atoms with E-state index in [-0.39, 0.29) is 29.8 Å². The lowest BCUT2D eigenvalue weighted by Crippen LogP contribution is -2.69. The monoisotopic (exact) mass is 489 g/mol. The summed E-state index contributed by atoms with van der Waals surface area (Å²) in [6, 6.07) is 6.58. The topological polar surface area (TPSA) is 86.8 Å². The maximum absolute atomic E-state index is 13.4. The number of rotatable bonds is 9. The molecule has 8 heteroatoms. The largest absolute Gasteiger partial charge is 0.354 e. The summed E-state index contributed by atoms with van der Waals surface area (Å²) >= 11 is 0. The molecule has 1 atom stereocenters. The van der Waals surface area contributed by atoms with E-state index in [1.54, 1.807) is 36.1 Å². The van der Waals surface area contributed by atoms with Crippen molar-refractivity contribution < 1.29 is 18.0 Å². The first-order chi connectivity index (χ1) is 16.0. The lowest BCUT2D eigenvalue weighted by molar-refractivity contribution is -0.152. The van der Waals surface area contributed by atoms with E-state index in [2.05, 4.69) is 25.2 Å². The van der Waals surface area contributed by atoms with E-state index in [0.29, 0.717) is 25.4 Å². The molecule has 1 aromatic rings. The zero-order chi connectivity index (χ0) is 24.9. The van der Waals surface area contributed by atoms with Gasteiger partial charge in [-0.25, -0.2) is 8.42 Å². The summed E-state index contributed by atoms with van der Waals surface area (Å²) in [5, 5.41) is 2.96. The minimum atomic E-state index is -3.91. The number of sulfonamides is 1. The zero-order valence-corrected chi connectivity index (χ0v) is 21.8. The van der Waals surface area contributed by atoms with Crippen molar-refractivity contribution in [2.24, 2.45) is 5.92 Å². The molecule has 0 radical (unpaired) electrons. The number of carbonyl (C=O) groups excluding carboxylic acids is 2. The smallest absolute Gasteiger partial charge is 0.247 e. The Balaban J connectivity index is 1.86. The molecule has 1 heterocycles. The molecule has 1 fully saturated rings. The van der Waals surface area contributed by atoms with Crippen molar-refractivity contribution in [2.75, 3.05) is 26.2 Å². The van der Waals surface area contributed by atoms with Gasteiger partial charge in [0.25, 0.3) is 0 Å². The van der Waals surface area contributed by atoms with E-state index in [1.807, 2.05) is 6.92 Å². The highest BCUT2D eigenvalue weighted by molar-refractivity contribution is 7.89. The zero-order valence-electron chi connectivity index (χ0n) is 21.0. The van der Waals surface area contributed by atoms with Crippen molar-refractivity contribution >= 4 is 21.8 Å². The highest BCUT2D eigenvalue weighted by Crippen LogP contribution is 2.29. The first kappa shape index (κ1) is 26.4. The number of nitrogens with one attached hydrogen (secondary N) is 1. The van der Waals surface area contributed by atoms with E-state index in [1.165, 1.54) is 16.3 Å². The van der Waals surface area contributed by atoms with Crippen LogP contribution in [0.2, 0.25) is 0 Å². The minimum Gasteiger partial charge on any atom is -0.354 e. The number of carbonyl (C=O) groups is 2. The van der Waals surface area contributed by atoms with Gasteiger partial charge in [0.1, 0.15) is 5.54 Å². The third kappa shape index (κ3) is 6.08. The summed E-state index contributed by atoms with van der Waals surface area (Å²) in [5.74, 6) is -0.211. The normalized spacial score (nSPS) is 22.1. The van der Waals surface area contributed by atoms with Crippen LogP contribution in [-0.2, 0) is 19.6 Å². The number of benzene rings is 1. The van der Waals surface area contributed by atoms with Crippen molar-refractivity contribution in [3.8, 4) is 0 Å². The Morgan fingerprint density at radius 2 is 1.88 bits per heavy atom. The Labute approximate surface area is 204 Å². The molecule has 1 saturated heterocycles. The van der Waals surface area contributed by atoms with Gasteiger partial charge < -0.3 is 10.2 Å². The van der Waals surface area contributed by atoms with Gasteiger partial charge in [0, 0.05) is 19.6 Å². The standard InChI is InChI=1S/C26H39N3O4S/c1-20(2)14-16-27-25(31)26(4)19-28(34(32,33)23-12-10-21(3)11-13-23)18-24(30)29(26)17-15-22-8-6-5-7-9-22/h8,10-13,20H,5-7,9,14-19H2,1-4H3,(H,27,31)/t26-/m1/s1. The highest BCUT2D eigenvalue weighted by atomic mass is 32.2. The molecule has 3 rings (SSSR count). The fourth-order valence-electron chi connectivity index (χ4n) is 4.64. The molecule has 0 bridgehead atoms. The molecule has 1 aliphatic heterocycles. The van der Waals surface area contributed by atoms with Crippen molar-refractivity contribution in [3.05, 3.63) is 41.5 Å². The SMILES string of the molecule is Cc1ccc(S(=O)(=O)N2CC(=O)N(CCC3=CCCCC3)[C@@](C)(C(=O)NCCC(C)C)C2)cc1. The number of allylic oxidation sites excluding steroid dienone is 1. The molecule has 188 valence electrons. The summed E-state index contributed by atoms with van der Waals surface area (Å²) in [4.78, 5) is 28.5. The van der Waals surface area contributed by atoms with Crippen LogP contribution in [0.25, 0.3) is 0 Å². The van der Waals surface area contributed by atoms with E-state index < -0.39 is 15.6 Å². The van der Waals surface area contributed by atoms with Gasteiger partial charge in [0.15, 0.2) is 0 Å². The second kappa shape index (κ2) is 11.0. The highest BCUT2D eigenvalue weighted by Gasteiger charge is 2.50. The lowest BCUT2D eigenvalue weighted by Gasteiger charge is -2.47. The van der Waals surface area contributed by atoms with Gasteiger partial charge in [0.05, 0.1) is 11.4 Å². The molecular formula is C26H39N3O4S. The van der Waals surface area contributed by atoms with Crippen LogP contribution in [0.4, 0.5) is 0 Å². The average Bonchev–Trinajstić information content (AvgIpc) is 2.79. The number of piperazine rings is 1. The molecule has 2 amide bonds. The molecule has 0 unspecified atom stereocenters. The van der Waals surface area contributed by atoms with Gasteiger partial charge in [-0.3, -0.25) is 9.59 Å². The van der Waals surface area contributed by atoms with Gasteiger partial charge >= 0.3 is 0 Å². The first-order valence-electron chi connectivity index (χ1n) is 12.4. The number of hydrogen-bond donors (Lipinski definition) is 1. The van der Waals surface area contributed by atoms with Crippen LogP contribution in [0, 0.1) is 12.8 Å². The molecule has 1 N–H and O–H groups in total. The van der Waals surface area contributed by atoms with Crippen molar-refractivity contribution in [1.29, 1.82) is 0 Å². The predicted octanol–water partition coefficient (Wildman–Crippen LogP) is 3.64. The molecule has 1 aromatic carbocycles. The van der Waals surface area contributed by atoms with Gasteiger partial charge in [-0.05, 0) is 70.4 Å². The Morgan fingerprint density at radius 1 is 1.18 bits per heavy atom. The minimum absolute atomic E-state index is 0.0679. The second-order valence-electron chi connectivity index (χ2n) is 10.2. The van der Waals surface area contributed by atoms with Crippen LogP contribution in [0.3, 0.4) is 0 Å². The Bertz CT molecular complexity index is 1020. The average molecular weight is 490 g/mol. The molecule has 34 heavy (non-hydrogen) atoms. The fourth-order valence-corrected chi connectivity index (χ4v) is 6.12. The Kier molecular flexibility index (Phi) is 8.57. The lowest BCUT2D eigenvalue weighted by atomic mass is 9.92. The van der Waals surface area contributed by atoms with Crippen LogP contribution in [0.5, 0.6) is 0 Å². The van der Waals surface area contributed by atoms with E-state index >= 15 is 0 Å². The molecule has 1 aliphatic carbocycles. The predicted molar refractivity (Wildman–Crippen MR) is 134 cm³/mol. The van der Waals surface area contributed by atoms with Crippen LogP contribution in [-0.4, -0.2) is 61.2 Å². The maximum atomic E-state index is 13.4. The summed E-state index contributed by atoms with van der Waals surface area (Å²) < 4.78 is 27.9. The first-order valence-corrected chi connectivity index (χ1v) is 13.8. The van der Waals surface area contributed by atoms with Crippen LogP contribution < -0.4 is 5.32 Å². The van der Waals surface area contributed by atoms with Crippen molar-refractivity contribution in [3.63, 3.8) is 0 Å². The van der Waals surface area contributed by atoms with Crippen LogP contribution >= 0.6 is 0 Å². The molecule has 7 nitrogen and oxygen atoms in total. The van der Waals surface area contributed by atoms with E-state index in [9.17, 15) is 18.0 Å². The van der Waals surface area contributed by atoms with Gasteiger partial charge in [-0.15, -0.1) is 0 Å². The maximum Gasteiger partial charge on any atom is 0.247 e. The van der Waals surface area contributed by atoms with E-state index in [4.69, 9.17) is 0 Å². The molecule has 0 spiro atoms.